The first-order chi connectivity index (χ1) is 13.0. The molecule has 0 amide bonds. The minimum atomic E-state index is -0.173. The van der Waals surface area contributed by atoms with Crippen molar-refractivity contribution in [3.05, 3.63) is 29.8 Å². The quantitative estimate of drug-likeness (QED) is 0.644. The Bertz CT molecular complexity index is 855. The summed E-state index contributed by atoms with van der Waals surface area (Å²) in [6, 6.07) is 9.58. The summed E-state index contributed by atoms with van der Waals surface area (Å²) in [7, 11) is 1.57. The van der Waals surface area contributed by atoms with Gasteiger partial charge in [0.15, 0.2) is 0 Å². The van der Waals surface area contributed by atoms with Gasteiger partial charge in [-0.1, -0.05) is 25.1 Å². The zero-order valence-corrected chi connectivity index (χ0v) is 16.8. The number of ether oxygens (including phenoxy) is 1. The van der Waals surface area contributed by atoms with Crippen molar-refractivity contribution in [1.82, 2.24) is 0 Å². The van der Waals surface area contributed by atoms with E-state index in [4.69, 9.17) is 4.74 Å². The monoisotopic (exact) mass is 367 g/mol. The Morgan fingerprint density at radius 1 is 1.30 bits per heavy atom. The Morgan fingerprint density at radius 3 is 2.89 bits per heavy atom. The van der Waals surface area contributed by atoms with E-state index in [1.165, 1.54) is 54.6 Å². The molecular formula is C23H31N2O2+. The molecule has 144 valence electrons. The van der Waals surface area contributed by atoms with Crippen LogP contribution in [0.2, 0.25) is 0 Å². The second kappa shape index (κ2) is 4.71. The van der Waals surface area contributed by atoms with Crippen LogP contribution < -0.4 is 5.32 Å². The third kappa shape index (κ3) is 1.38. The molecule has 7 atom stereocenters. The molecule has 6 rings (SSSR count). The van der Waals surface area contributed by atoms with E-state index in [2.05, 4.69) is 43.4 Å². The van der Waals surface area contributed by atoms with E-state index in [-0.39, 0.29) is 28.3 Å². The first-order valence-corrected chi connectivity index (χ1v) is 10.8. The maximum atomic E-state index is 13.1. The van der Waals surface area contributed by atoms with E-state index in [0.717, 1.165) is 6.42 Å². The summed E-state index contributed by atoms with van der Waals surface area (Å²) in [6.07, 6.45) is 4.79. The molecule has 2 aliphatic carbocycles. The van der Waals surface area contributed by atoms with Gasteiger partial charge in [-0.25, -0.2) is 0 Å². The van der Waals surface area contributed by atoms with Gasteiger partial charge in [0.05, 0.1) is 43.6 Å². The fourth-order valence-electron chi connectivity index (χ4n) is 9.47. The van der Waals surface area contributed by atoms with Crippen LogP contribution in [0.3, 0.4) is 0 Å². The van der Waals surface area contributed by atoms with Crippen LogP contribution in [-0.2, 0) is 14.9 Å². The maximum absolute atomic E-state index is 13.1. The van der Waals surface area contributed by atoms with Gasteiger partial charge in [0.25, 0.3) is 0 Å². The summed E-state index contributed by atoms with van der Waals surface area (Å²) >= 11 is 0. The van der Waals surface area contributed by atoms with E-state index in [1.807, 2.05) is 0 Å². The Labute approximate surface area is 161 Å². The fraction of sp³-hybridized carbons (Fsp3) is 0.696. The summed E-state index contributed by atoms with van der Waals surface area (Å²) in [5.74, 6) is 0.469. The molecule has 3 heterocycles. The number of hydrogen-bond donors (Lipinski definition) is 1. The van der Waals surface area contributed by atoms with Gasteiger partial charge < -0.3 is 14.5 Å². The molecule has 1 N–H and O–H groups in total. The number of quaternary nitrogens is 1. The number of rotatable bonds is 2. The first-order valence-electron chi connectivity index (χ1n) is 10.8. The number of hydrogen-bond acceptors (Lipinski definition) is 3. The van der Waals surface area contributed by atoms with E-state index < -0.39 is 0 Å². The highest BCUT2D eigenvalue weighted by atomic mass is 16.5. The number of carbonyl (C=O) groups is 1. The Hall–Kier alpha value is -1.55. The summed E-state index contributed by atoms with van der Waals surface area (Å²) in [6.45, 7) is 8.66. The number of benzene rings is 1. The molecule has 0 aromatic heterocycles. The van der Waals surface area contributed by atoms with E-state index in [9.17, 15) is 4.79 Å². The summed E-state index contributed by atoms with van der Waals surface area (Å²) in [5.41, 5.74) is 2.94. The molecule has 27 heavy (non-hydrogen) atoms. The minimum absolute atomic E-state index is 0.00364. The van der Waals surface area contributed by atoms with Crippen LogP contribution in [0.5, 0.6) is 0 Å². The number of piperidine rings is 1. The number of nitrogens with one attached hydrogen (secondary N) is 1. The molecule has 1 aromatic carbocycles. The van der Waals surface area contributed by atoms with Gasteiger partial charge in [0.1, 0.15) is 6.04 Å². The lowest BCUT2D eigenvalue weighted by Gasteiger charge is -2.55. The van der Waals surface area contributed by atoms with Crippen LogP contribution in [0.1, 0.15) is 45.1 Å². The lowest BCUT2D eigenvalue weighted by atomic mass is 9.56. The second-order valence-corrected chi connectivity index (χ2v) is 9.98. The van der Waals surface area contributed by atoms with Crippen molar-refractivity contribution >= 4 is 11.7 Å². The highest BCUT2D eigenvalue weighted by Gasteiger charge is 2.90. The third-order valence-corrected chi connectivity index (χ3v) is 10.0. The lowest BCUT2D eigenvalue weighted by molar-refractivity contribution is -0.952. The van der Waals surface area contributed by atoms with Gasteiger partial charge in [-0.3, -0.25) is 4.79 Å². The number of carbonyl (C=O) groups excluding carboxylic acids is 1. The standard InChI is InChI=1S/C23H31N2O2/c1-4-25-12-7-10-21-14-17(19(26)27-3)23(15(21)2)22(11-13-25,20(21)25)16-8-5-6-9-18(16)24-23/h5-6,8-9,15,17,20,24H,4,7,10-14H2,1-3H3/q+1/t15-,17+,20+,21+,22-,23-,25?/m1/s1. The molecule has 0 radical (unpaired) electrons. The van der Waals surface area contributed by atoms with Gasteiger partial charge in [0.2, 0.25) is 0 Å². The fourth-order valence-corrected chi connectivity index (χ4v) is 9.47. The molecule has 2 bridgehead atoms. The van der Waals surface area contributed by atoms with Crippen molar-refractivity contribution in [1.29, 1.82) is 0 Å². The SMILES string of the molecule is CC[N+]12CCC[C@@]34C[C@@H](C(=O)OC)[C@]5(Nc6ccccc6[C@]5(CC1)[C@H]32)[C@@H]4C. The topological polar surface area (TPSA) is 38.3 Å². The second-order valence-electron chi connectivity index (χ2n) is 9.98. The van der Waals surface area contributed by atoms with Crippen LogP contribution in [0.15, 0.2) is 24.3 Å². The van der Waals surface area contributed by atoms with Crippen molar-refractivity contribution in [2.24, 2.45) is 17.3 Å². The van der Waals surface area contributed by atoms with E-state index in [0.29, 0.717) is 12.0 Å². The zero-order chi connectivity index (χ0) is 18.7. The van der Waals surface area contributed by atoms with Gasteiger partial charge in [-0.2, -0.15) is 0 Å². The number of anilines is 1. The van der Waals surface area contributed by atoms with Gasteiger partial charge >= 0.3 is 5.97 Å². The largest absolute Gasteiger partial charge is 0.469 e. The van der Waals surface area contributed by atoms with Crippen LogP contribution >= 0.6 is 0 Å². The van der Waals surface area contributed by atoms with Crippen molar-refractivity contribution in [2.75, 3.05) is 32.1 Å². The highest BCUT2D eigenvalue weighted by molar-refractivity contribution is 5.82. The molecule has 1 unspecified atom stereocenters. The first kappa shape index (κ1) is 16.4. The number of fused-ring (bicyclic) bond motifs is 1. The summed E-state index contributed by atoms with van der Waals surface area (Å²) in [5, 5.41) is 4.02. The van der Waals surface area contributed by atoms with Crippen molar-refractivity contribution in [3.8, 4) is 0 Å². The van der Waals surface area contributed by atoms with Gasteiger partial charge in [-0.15, -0.1) is 0 Å². The maximum Gasteiger partial charge on any atom is 0.311 e. The van der Waals surface area contributed by atoms with Crippen molar-refractivity contribution in [3.63, 3.8) is 0 Å². The highest BCUT2D eigenvalue weighted by Crippen LogP contribution is 2.81. The Kier molecular flexibility index (Phi) is 2.86. The molecule has 3 spiro atoms. The van der Waals surface area contributed by atoms with E-state index in [1.54, 1.807) is 7.11 Å². The Morgan fingerprint density at radius 2 is 2.11 bits per heavy atom. The number of methoxy groups -OCH3 is 1. The molecule has 4 fully saturated rings. The molecule has 2 saturated heterocycles. The molecule has 4 heteroatoms. The van der Waals surface area contributed by atoms with Gasteiger partial charge in [-0.05, 0) is 43.7 Å². The molecule has 2 saturated carbocycles. The molecule has 4 nitrogen and oxygen atoms in total. The molecule has 3 aliphatic heterocycles. The van der Waals surface area contributed by atoms with Crippen molar-refractivity contribution in [2.45, 2.75) is 56.5 Å². The minimum Gasteiger partial charge on any atom is -0.469 e. The molecular weight excluding hydrogens is 336 g/mol. The predicted octanol–water partition coefficient (Wildman–Crippen LogP) is 3.32. The Balaban J connectivity index is 1.68. The van der Waals surface area contributed by atoms with E-state index >= 15 is 0 Å². The average molecular weight is 368 g/mol. The predicted molar refractivity (Wildman–Crippen MR) is 104 cm³/mol. The molecule has 1 aromatic rings. The number of para-hydroxylation sites is 1. The van der Waals surface area contributed by atoms with Crippen LogP contribution in [0, 0.1) is 17.3 Å². The summed E-state index contributed by atoms with van der Waals surface area (Å²) in [4.78, 5) is 13.1. The van der Waals surface area contributed by atoms with Crippen molar-refractivity contribution < 1.29 is 14.0 Å². The lowest BCUT2D eigenvalue weighted by Crippen LogP contribution is -2.68. The number of nitrogens with zero attached hydrogens (tertiary/aromatic N) is 1. The smallest absolute Gasteiger partial charge is 0.311 e. The van der Waals surface area contributed by atoms with Crippen LogP contribution in [0.4, 0.5) is 5.69 Å². The van der Waals surface area contributed by atoms with Crippen LogP contribution in [-0.4, -0.2) is 48.8 Å². The average Bonchev–Trinajstić information content (AvgIpc) is 3.34. The van der Waals surface area contributed by atoms with Crippen LogP contribution in [0.25, 0.3) is 0 Å². The third-order valence-electron chi connectivity index (χ3n) is 10.0. The van der Waals surface area contributed by atoms with Gasteiger partial charge in [0, 0.05) is 17.5 Å². The summed E-state index contributed by atoms with van der Waals surface area (Å²) < 4.78 is 6.66. The number of esters is 1. The zero-order valence-electron chi connectivity index (χ0n) is 16.8. The molecule has 5 aliphatic rings. The number of likely N-dealkylation sites (N-methyl/N-ethyl adjacent to an activating group) is 1. The normalized spacial score (nSPS) is 50.7.